The summed E-state index contributed by atoms with van der Waals surface area (Å²) in [6, 6.07) is 61.0. The zero-order chi connectivity index (χ0) is 107. The van der Waals surface area contributed by atoms with E-state index in [4.69, 9.17) is 122 Å². The lowest BCUT2D eigenvalue weighted by Crippen LogP contribution is -2.10. The molecule has 147 heavy (non-hydrogen) atoms. The molecule has 0 saturated heterocycles. The van der Waals surface area contributed by atoms with E-state index in [1.807, 2.05) is 203 Å². The van der Waals surface area contributed by atoms with E-state index in [1.165, 1.54) is 47.9 Å². The molecule has 0 aliphatic rings. The van der Waals surface area contributed by atoms with E-state index in [1.54, 1.807) is 72.4 Å². The Kier molecular flexibility index (Phi) is 47.1. The number of nitrogens with zero attached hydrogens (tertiary/aromatic N) is 15. The zero-order valence-corrected chi connectivity index (χ0v) is 87.2. The summed E-state index contributed by atoms with van der Waals surface area (Å²) in [6.07, 6.45) is 4.75. The Balaban J connectivity index is 0.000000209. The first-order valence-electron chi connectivity index (χ1n) is 44.8. The van der Waals surface area contributed by atoms with Gasteiger partial charge in [-0.2, -0.15) is 4.37 Å². The number of hydrogen-bond donors (Lipinski definition) is 3. The monoisotopic (exact) mass is 2090 g/mol. The van der Waals surface area contributed by atoms with Crippen LogP contribution in [-0.4, -0.2) is 116 Å². The summed E-state index contributed by atoms with van der Waals surface area (Å²) in [4.78, 5) is 109. The Morgan fingerprint density at radius 3 is 1.07 bits per heavy atom. The van der Waals surface area contributed by atoms with Gasteiger partial charge in [-0.3, -0.25) is 14.6 Å². The molecule has 0 atom stereocenters. The predicted molar refractivity (Wildman–Crippen MR) is 567 cm³/mol. The van der Waals surface area contributed by atoms with Crippen molar-refractivity contribution in [3.63, 3.8) is 0 Å². The molecule has 0 bridgehead atoms. The third kappa shape index (κ3) is 33.9. The van der Waals surface area contributed by atoms with Crippen LogP contribution in [0, 0.1) is 87.9 Å². The number of thioether (sulfide) groups is 1. The topological polar surface area (TPSA) is 363 Å². The highest BCUT2D eigenvalue weighted by atomic mass is 35.5. The Morgan fingerprint density at radius 1 is 0.401 bits per heavy atom. The summed E-state index contributed by atoms with van der Waals surface area (Å²) in [5.74, 6) is -0.288. The number of aliphatic hydroxyl groups excluding tert-OH is 1. The Labute approximate surface area is 879 Å². The molecular weight excluding hydrogens is 1990 g/mol. The van der Waals surface area contributed by atoms with Gasteiger partial charge < -0.3 is 52.9 Å². The van der Waals surface area contributed by atoms with Gasteiger partial charge in [0.1, 0.15) is 57.4 Å². The summed E-state index contributed by atoms with van der Waals surface area (Å²) in [6.45, 7) is 69.7. The Bertz CT molecular complexity index is 7310. The number of carbonyl (C=O) groups excluding carboxylic acids is 5. The van der Waals surface area contributed by atoms with Crippen molar-refractivity contribution in [3.8, 4) is 35.3 Å². The second-order valence-electron chi connectivity index (χ2n) is 31.4. The molecule has 752 valence electrons. The number of halogens is 3. The minimum Gasteiger partial charge on any atom is -0.481 e. The number of benzene rings is 6. The number of fused-ring (bicyclic) bond motifs is 2. The summed E-state index contributed by atoms with van der Waals surface area (Å²) in [5.41, 5.74) is 14.5. The summed E-state index contributed by atoms with van der Waals surface area (Å²) in [5, 5.41) is 19.0. The molecule has 38 heteroatoms. The summed E-state index contributed by atoms with van der Waals surface area (Å²) < 4.78 is 59.0. The maximum absolute atomic E-state index is 12.1. The Morgan fingerprint density at radius 2 is 0.707 bits per heavy atom. The van der Waals surface area contributed by atoms with E-state index < -0.39 is 17.9 Å². The second-order valence-corrected chi connectivity index (χ2v) is 36.0. The smallest absolute Gasteiger partial charge is 0.329 e. The number of rotatable bonds is 28. The highest BCUT2D eigenvalue weighted by Gasteiger charge is 2.29. The van der Waals surface area contributed by atoms with Crippen LogP contribution in [-0.2, 0) is 60.5 Å². The van der Waals surface area contributed by atoms with Gasteiger partial charge in [0.05, 0.1) is 130 Å². The SMILES string of the molecule is CNO.Cc1nc(OCc2ccccc2)c(CO)c2cnsc12.[C-]#[N+]c1c(C(=O)OCC)cc(C)nc1Cl.[C-]#[N+]c1c(C(=O)OCC)cc(C)nc1OCc1ccccc1.[C-]#[N+]c1c(OCc2ccccc2)nc(C)c(Cl)c1C(=O)OCC.[C-]#[N+]c1c(OCc2ccccc2)nc(C)c(Cl)c1C=O.[C-]#[N+]c1c(OCc2ccccc2)nc(C)c(SC(C)(C)C)c1C=O.[C-]#[N+]c1c(OCc2ccccc2)nc(C)c2sncc12. The van der Waals surface area contributed by atoms with Crippen molar-refractivity contribution >= 4 is 154 Å². The lowest BCUT2D eigenvalue weighted by Gasteiger charge is -2.21. The number of nitrogens with one attached hydrogen (secondary N) is 1. The fraction of sp³-hybridized carbons (Fsp3) is 0.229. The van der Waals surface area contributed by atoms with Crippen LogP contribution in [0.5, 0.6) is 35.3 Å². The molecule has 0 unspecified atom stereocenters. The van der Waals surface area contributed by atoms with Crippen LogP contribution in [0.4, 0.5) is 34.1 Å². The van der Waals surface area contributed by atoms with Gasteiger partial charge in [0.15, 0.2) is 0 Å². The number of ether oxygens (including phenoxy) is 9. The first-order valence-corrected chi connectivity index (χ1v) is 48.3. The van der Waals surface area contributed by atoms with Crippen LogP contribution in [0.3, 0.4) is 0 Å². The quantitative estimate of drug-likeness (QED) is 0.00780. The number of esters is 3. The minimum absolute atomic E-state index is 0.000853. The van der Waals surface area contributed by atoms with Crippen molar-refractivity contribution in [3.05, 3.63) is 397 Å². The molecule has 9 heterocycles. The molecule has 0 saturated carbocycles. The maximum atomic E-state index is 12.1. The molecule has 15 aromatic rings. The number of aryl methyl sites for hydroxylation is 7. The Hall–Kier alpha value is -16.3. The molecule has 15 rings (SSSR count). The van der Waals surface area contributed by atoms with Gasteiger partial charge in [0.25, 0.3) is 28.4 Å². The number of aldehydes is 2. The molecule has 32 nitrogen and oxygen atoms in total. The third-order valence-corrected chi connectivity index (χ3v) is 24.0. The third-order valence-electron chi connectivity index (χ3n) is 19.6. The zero-order valence-electron chi connectivity index (χ0n) is 82.5. The van der Waals surface area contributed by atoms with Gasteiger partial charge in [-0.05, 0) is 138 Å². The molecule has 6 aromatic carbocycles. The van der Waals surface area contributed by atoms with Crippen LogP contribution in [0.1, 0.15) is 172 Å². The van der Waals surface area contributed by atoms with Gasteiger partial charge in [-0.1, -0.05) is 238 Å². The highest BCUT2D eigenvalue weighted by molar-refractivity contribution is 8.00. The molecule has 0 aliphatic heterocycles. The number of hydrogen-bond acceptors (Lipinski definition) is 29. The van der Waals surface area contributed by atoms with Crippen molar-refractivity contribution in [1.29, 1.82) is 0 Å². The van der Waals surface area contributed by atoms with Gasteiger partial charge in [-0.25, -0.2) is 83.2 Å². The first kappa shape index (κ1) is 116. The molecule has 0 amide bonds. The standard InChI is InChI=1S/C19H20N2O2S.C17H15ClN2O3.C17H16N2O3.C15H11ClN2O2.C15H11N3OS.C15H14N2O2S.C10H9ClN2O2.CH5NO/c1-13-17(24-19(2,3)4)15(11-22)16(20-5)18(21-13)23-12-14-9-7-6-8-10-14;1-4-22-17(21)13-14(18)11(2)20-16(15(13)19-3)23-10-12-8-6-5-7-9-12;1-4-21-17(20)14-10-12(2)19-16(15(14)18-3)22-11-13-8-6-5-7-9-13;1-10-13(16)12(8-19)14(17-2)15(18-10)20-9-11-6-4-3-5-7-11;1-10-14-12(8-17-20-14)13(16-2)15(18-10)19-9-11-6-4-3-5-7-11;1-10-14-12(7-16-20-14)13(8-18)15(17-10)19-9-11-5-3-2-4-6-11;1-4-15-10(14)7-5-6(2)13-9(11)8(7)12-3;1-2-3/h6-11H,12H2,1-4H3;5-9H,4,10H2,1-2H3;5-10H,4,11H2,1-2H3;2*3-8H,9H2,1H3;2-7,18H,8-9H2,1H3;5H,4H2,1-2H3;2-3H,1H3. The van der Waals surface area contributed by atoms with Gasteiger partial charge >= 0.3 is 17.9 Å². The number of carbonyl (C=O) groups is 5. The fourth-order valence-electron chi connectivity index (χ4n) is 12.9. The molecule has 0 fully saturated rings. The number of aromatic nitrogens is 9. The van der Waals surface area contributed by atoms with E-state index in [2.05, 4.69) is 93.5 Å². The van der Waals surface area contributed by atoms with Crippen LogP contribution >= 0.6 is 69.6 Å². The van der Waals surface area contributed by atoms with Gasteiger partial charge in [0.2, 0.25) is 41.0 Å². The molecule has 3 N–H and O–H groups in total. The summed E-state index contributed by atoms with van der Waals surface area (Å²) in [7, 11) is 1.43. The molecule has 0 spiro atoms. The van der Waals surface area contributed by atoms with Crippen molar-refractivity contribution in [2.75, 3.05) is 26.9 Å². The predicted octanol–water partition coefficient (Wildman–Crippen LogP) is 26.8. The lowest BCUT2D eigenvalue weighted by atomic mass is 10.2. The molecular formula is C109H101Cl3N16O16S3. The van der Waals surface area contributed by atoms with Crippen molar-refractivity contribution in [2.24, 2.45) is 0 Å². The van der Waals surface area contributed by atoms with E-state index in [0.717, 1.165) is 76.1 Å². The van der Waals surface area contributed by atoms with Crippen molar-refractivity contribution < 1.29 is 76.9 Å². The van der Waals surface area contributed by atoms with Gasteiger partial charge in [-0.15, -0.1) is 11.8 Å². The van der Waals surface area contributed by atoms with E-state index in [9.17, 15) is 29.1 Å². The fourth-order valence-corrected chi connectivity index (χ4v) is 16.1. The van der Waals surface area contributed by atoms with Crippen LogP contribution < -0.4 is 33.9 Å². The molecule has 0 aliphatic carbocycles. The molecule has 0 radical (unpaired) electrons. The van der Waals surface area contributed by atoms with Crippen LogP contribution in [0.25, 0.3) is 49.2 Å². The second kappa shape index (κ2) is 59.7. The summed E-state index contributed by atoms with van der Waals surface area (Å²) >= 11 is 22.1. The first-order chi connectivity index (χ1) is 70.8. The minimum atomic E-state index is -0.654. The maximum Gasteiger partial charge on any atom is 0.329 e. The number of pyridine rings is 7. The van der Waals surface area contributed by atoms with Crippen LogP contribution in [0.15, 0.2) is 211 Å². The average Bonchev–Trinajstić information content (AvgIpc) is 1.79. The van der Waals surface area contributed by atoms with E-state index in [0.29, 0.717) is 83.2 Å². The number of hydroxylamine groups is 1. The van der Waals surface area contributed by atoms with E-state index >= 15 is 0 Å². The lowest BCUT2D eigenvalue weighted by molar-refractivity contribution is 0.0517. The van der Waals surface area contributed by atoms with Gasteiger partial charge in [0, 0.05) is 67.9 Å². The van der Waals surface area contributed by atoms with Crippen molar-refractivity contribution in [1.82, 2.24) is 49.1 Å². The largest absolute Gasteiger partial charge is 0.481 e. The highest BCUT2D eigenvalue weighted by Crippen LogP contribution is 2.45. The van der Waals surface area contributed by atoms with E-state index in [-0.39, 0.29) is 140 Å². The molecule has 9 aromatic heterocycles. The average molecular weight is 2090 g/mol. The van der Waals surface area contributed by atoms with Crippen molar-refractivity contribution in [2.45, 2.75) is 146 Å². The number of aliphatic hydroxyl groups is 1. The van der Waals surface area contributed by atoms with Crippen LogP contribution in [0.2, 0.25) is 15.2 Å². The normalized spacial score (nSPS) is 10.2.